The molecule has 27 heavy (non-hydrogen) atoms. The Morgan fingerprint density at radius 2 is 1.48 bits per heavy atom. The number of rotatable bonds is 5. The van der Waals surface area contributed by atoms with Crippen LogP contribution in [-0.2, 0) is 6.61 Å². The highest BCUT2D eigenvalue weighted by molar-refractivity contribution is 5.76. The maximum atomic E-state index is 13.1. The molecule has 0 amide bonds. The summed E-state index contributed by atoms with van der Waals surface area (Å²) in [5, 5.41) is 13.1. The molecule has 4 aliphatic rings. The van der Waals surface area contributed by atoms with Gasteiger partial charge in [-0.2, -0.15) is 0 Å². The van der Waals surface area contributed by atoms with Gasteiger partial charge in [-0.25, -0.2) is 4.74 Å². The first kappa shape index (κ1) is 16.9. The molecular weight excluding hydrogens is 334 g/mol. The average Bonchev–Trinajstić information content (AvgIpc) is 2.67. The molecule has 0 radical (unpaired) electrons. The summed E-state index contributed by atoms with van der Waals surface area (Å²) in [4.78, 5) is 0. The standard InChI is InChI=1S/C24H27NO2/c26-25(24-13-20-10-21(14-24)12-22(11-20)15-24)16-18-6-8-23(9-7-18)27-17-19-4-2-1-3-5-19/h1-9,16,20-22H,10-15,17H2. The topological polar surface area (TPSA) is 35.3 Å². The summed E-state index contributed by atoms with van der Waals surface area (Å²) >= 11 is 0. The molecule has 4 bridgehead atoms. The van der Waals surface area contributed by atoms with Crippen LogP contribution in [0.4, 0.5) is 0 Å². The summed E-state index contributed by atoms with van der Waals surface area (Å²) in [6.45, 7) is 0.560. The molecule has 0 aliphatic heterocycles. The normalized spacial score (nSPS) is 31.9. The Hall–Kier alpha value is -2.29. The van der Waals surface area contributed by atoms with Crippen LogP contribution in [0.5, 0.6) is 5.75 Å². The van der Waals surface area contributed by atoms with Gasteiger partial charge in [0.1, 0.15) is 12.4 Å². The first-order chi connectivity index (χ1) is 13.2. The zero-order chi connectivity index (χ0) is 18.3. The monoisotopic (exact) mass is 361 g/mol. The van der Waals surface area contributed by atoms with E-state index >= 15 is 0 Å². The summed E-state index contributed by atoms with van der Waals surface area (Å²) in [7, 11) is 0. The molecule has 0 atom stereocenters. The smallest absolute Gasteiger partial charge is 0.182 e. The third-order valence-corrected chi connectivity index (χ3v) is 6.87. The minimum atomic E-state index is -0.128. The van der Waals surface area contributed by atoms with Crippen molar-refractivity contribution < 1.29 is 9.48 Å². The molecule has 0 aromatic heterocycles. The van der Waals surface area contributed by atoms with Gasteiger partial charge in [-0.1, -0.05) is 30.3 Å². The zero-order valence-corrected chi connectivity index (χ0v) is 15.7. The summed E-state index contributed by atoms with van der Waals surface area (Å²) in [6.07, 6.45) is 9.18. The van der Waals surface area contributed by atoms with Gasteiger partial charge >= 0.3 is 0 Å². The third-order valence-electron chi connectivity index (χ3n) is 6.87. The highest BCUT2D eigenvalue weighted by atomic mass is 16.5. The SMILES string of the molecule is [O-][N+](=Cc1ccc(OCc2ccccc2)cc1)C12CC3CC(CC(C3)C1)C2. The third kappa shape index (κ3) is 3.36. The Labute approximate surface area is 161 Å². The van der Waals surface area contributed by atoms with Crippen molar-refractivity contribution in [3.05, 3.63) is 70.9 Å². The number of hydrogen-bond donors (Lipinski definition) is 0. The molecule has 0 saturated heterocycles. The summed E-state index contributed by atoms with van der Waals surface area (Å²) in [5.74, 6) is 3.20. The molecule has 140 valence electrons. The van der Waals surface area contributed by atoms with Gasteiger partial charge in [0.2, 0.25) is 0 Å². The molecule has 0 unspecified atom stereocenters. The van der Waals surface area contributed by atoms with Crippen molar-refractivity contribution in [3.63, 3.8) is 0 Å². The molecule has 4 fully saturated rings. The minimum Gasteiger partial charge on any atom is -0.623 e. The second-order valence-corrected chi connectivity index (χ2v) is 8.94. The molecule has 2 aromatic carbocycles. The Morgan fingerprint density at radius 1 is 0.889 bits per heavy atom. The van der Waals surface area contributed by atoms with E-state index in [0.717, 1.165) is 53.9 Å². The number of nitrogens with zero attached hydrogens (tertiary/aromatic N) is 1. The van der Waals surface area contributed by atoms with Crippen molar-refractivity contribution in [1.82, 2.24) is 0 Å². The predicted molar refractivity (Wildman–Crippen MR) is 107 cm³/mol. The van der Waals surface area contributed by atoms with Crippen LogP contribution in [0.1, 0.15) is 49.7 Å². The lowest BCUT2D eigenvalue weighted by atomic mass is 9.53. The van der Waals surface area contributed by atoms with Crippen molar-refractivity contribution in [3.8, 4) is 5.75 Å². The predicted octanol–water partition coefficient (Wildman–Crippen LogP) is 5.16. The fourth-order valence-corrected chi connectivity index (χ4v) is 6.00. The fourth-order valence-electron chi connectivity index (χ4n) is 6.00. The van der Waals surface area contributed by atoms with E-state index in [1.54, 1.807) is 0 Å². The van der Waals surface area contributed by atoms with Crippen molar-refractivity contribution in [2.75, 3.05) is 0 Å². The second kappa shape index (κ2) is 6.70. The van der Waals surface area contributed by atoms with Crippen molar-refractivity contribution in [2.45, 2.75) is 50.7 Å². The van der Waals surface area contributed by atoms with Crippen LogP contribution < -0.4 is 4.74 Å². The van der Waals surface area contributed by atoms with E-state index in [1.165, 1.54) is 24.0 Å². The summed E-state index contributed by atoms with van der Waals surface area (Å²) < 4.78 is 7.16. The Bertz CT molecular complexity index is 790. The van der Waals surface area contributed by atoms with E-state index in [0.29, 0.717) is 6.61 Å². The van der Waals surface area contributed by atoms with Crippen molar-refractivity contribution >= 4 is 6.21 Å². The van der Waals surface area contributed by atoms with Crippen LogP contribution in [-0.4, -0.2) is 16.5 Å². The molecule has 4 saturated carbocycles. The average molecular weight is 361 g/mol. The summed E-state index contributed by atoms with van der Waals surface area (Å²) in [5.41, 5.74) is 1.99. The zero-order valence-electron chi connectivity index (χ0n) is 15.7. The number of hydrogen-bond acceptors (Lipinski definition) is 2. The van der Waals surface area contributed by atoms with Crippen LogP contribution in [0.3, 0.4) is 0 Å². The van der Waals surface area contributed by atoms with Crippen LogP contribution in [0.15, 0.2) is 54.6 Å². The molecule has 0 spiro atoms. The van der Waals surface area contributed by atoms with Gasteiger partial charge in [-0.3, -0.25) is 0 Å². The molecule has 0 N–H and O–H groups in total. The minimum absolute atomic E-state index is 0.128. The molecular formula is C24H27NO2. The number of ether oxygens (including phenoxy) is 1. The van der Waals surface area contributed by atoms with Gasteiger partial charge in [0, 0.05) is 24.8 Å². The Morgan fingerprint density at radius 3 is 2.07 bits per heavy atom. The highest BCUT2D eigenvalue weighted by Crippen LogP contribution is 2.56. The molecule has 4 aliphatic carbocycles. The highest BCUT2D eigenvalue weighted by Gasteiger charge is 2.56. The van der Waals surface area contributed by atoms with E-state index in [9.17, 15) is 5.21 Å². The second-order valence-electron chi connectivity index (χ2n) is 8.94. The molecule has 2 aromatic rings. The van der Waals surface area contributed by atoms with E-state index in [4.69, 9.17) is 4.74 Å². The molecule has 6 rings (SSSR count). The van der Waals surface area contributed by atoms with E-state index < -0.39 is 0 Å². The first-order valence-corrected chi connectivity index (χ1v) is 10.3. The van der Waals surface area contributed by atoms with E-state index in [1.807, 2.05) is 48.7 Å². The van der Waals surface area contributed by atoms with Crippen molar-refractivity contribution in [2.24, 2.45) is 17.8 Å². The molecule has 0 heterocycles. The van der Waals surface area contributed by atoms with Gasteiger partial charge < -0.3 is 9.94 Å². The summed E-state index contributed by atoms with van der Waals surface area (Å²) in [6, 6.07) is 18.1. The lowest BCUT2D eigenvalue weighted by Gasteiger charge is -2.54. The Kier molecular flexibility index (Phi) is 4.18. The lowest BCUT2D eigenvalue weighted by molar-refractivity contribution is -0.566. The van der Waals surface area contributed by atoms with Crippen LogP contribution in [0.2, 0.25) is 0 Å². The van der Waals surface area contributed by atoms with Crippen LogP contribution in [0, 0.1) is 23.0 Å². The lowest BCUT2D eigenvalue weighted by Crippen LogP contribution is -2.55. The molecule has 3 heteroatoms. The number of benzene rings is 2. The van der Waals surface area contributed by atoms with Gasteiger partial charge in [0.05, 0.1) is 0 Å². The quantitative estimate of drug-likeness (QED) is 0.319. The van der Waals surface area contributed by atoms with Gasteiger partial charge in [-0.05, 0) is 66.8 Å². The van der Waals surface area contributed by atoms with Crippen LogP contribution in [0.25, 0.3) is 0 Å². The largest absolute Gasteiger partial charge is 0.623 e. The van der Waals surface area contributed by atoms with E-state index in [2.05, 4.69) is 12.1 Å². The first-order valence-electron chi connectivity index (χ1n) is 10.3. The Balaban J connectivity index is 1.28. The van der Waals surface area contributed by atoms with E-state index in [-0.39, 0.29) is 5.54 Å². The van der Waals surface area contributed by atoms with Crippen molar-refractivity contribution in [1.29, 1.82) is 0 Å². The van der Waals surface area contributed by atoms with Gasteiger partial charge in [0.15, 0.2) is 11.8 Å². The maximum absolute atomic E-state index is 13.1. The van der Waals surface area contributed by atoms with Gasteiger partial charge in [-0.15, -0.1) is 0 Å². The van der Waals surface area contributed by atoms with Gasteiger partial charge in [0.25, 0.3) is 0 Å². The van der Waals surface area contributed by atoms with Crippen LogP contribution >= 0.6 is 0 Å². The fraction of sp³-hybridized carbons (Fsp3) is 0.458. The number of hydroxylamine groups is 1. The maximum Gasteiger partial charge on any atom is 0.182 e. The molecule has 3 nitrogen and oxygen atoms in total.